The third kappa shape index (κ3) is 3.68. The van der Waals surface area contributed by atoms with Crippen LogP contribution in [-0.2, 0) is 16.4 Å². The molecule has 2 rings (SSSR count). The third-order valence-corrected chi connectivity index (χ3v) is 3.95. The number of benzene rings is 1. The van der Waals surface area contributed by atoms with Gasteiger partial charge in [0, 0.05) is 19.0 Å². The zero-order chi connectivity index (χ0) is 14.8. The summed E-state index contributed by atoms with van der Waals surface area (Å²) in [4.78, 5) is 4.08. The minimum Gasteiger partial charge on any atom is -0.364 e. The van der Waals surface area contributed by atoms with E-state index in [1.54, 1.807) is 12.1 Å². The van der Waals surface area contributed by atoms with Gasteiger partial charge in [-0.2, -0.15) is 0 Å². The Kier molecular flexibility index (Phi) is 4.25. The molecule has 1 N–H and O–H groups in total. The summed E-state index contributed by atoms with van der Waals surface area (Å²) in [5.74, 6) is -0.438. The van der Waals surface area contributed by atoms with E-state index >= 15 is 0 Å². The molecule has 0 bridgehead atoms. The molecule has 7 heteroatoms. The molecule has 0 atom stereocenters. The van der Waals surface area contributed by atoms with Crippen LogP contribution >= 0.6 is 11.6 Å². The Bertz CT molecular complexity index is 718. The number of nitrogens with one attached hydrogen (secondary N) is 1. The van der Waals surface area contributed by atoms with Gasteiger partial charge in [0.1, 0.15) is 0 Å². The monoisotopic (exact) mass is 314 g/mol. The molecule has 0 radical (unpaired) electrons. The summed E-state index contributed by atoms with van der Waals surface area (Å²) in [6.07, 6.45) is 2.49. The molecule has 20 heavy (non-hydrogen) atoms. The van der Waals surface area contributed by atoms with Gasteiger partial charge in [-0.05, 0) is 23.8 Å². The average molecular weight is 315 g/mol. The van der Waals surface area contributed by atoms with Crippen molar-refractivity contribution in [2.75, 3.05) is 11.6 Å². The predicted molar refractivity (Wildman–Crippen MR) is 76.1 cm³/mol. The van der Waals surface area contributed by atoms with Gasteiger partial charge in [0.25, 0.3) is 0 Å². The van der Waals surface area contributed by atoms with Crippen molar-refractivity contribution in [2.24, 2.45) is 0 Å². The zero-order valence-corrected chi connectivity index (χ0v) is 12.2. The second-order valence-electron chi connectivity index (χ2n) is 4.25. The first-order chi connectivity index (χ1) is 9.36. The predicted octanol–water partition coefficient (Wildman–Crippen LogP) is 2.89. The first kappa shape index (κ1) is 14.7. The lowest BCUT2D eigenvalue weighted by Gasteiger charge is -2.07. The highest BCUT2D eigenvalue weighted by atomic mass is 35.5. The van der Waals surface area contributed by atoms with E-state index in [1.807, 2.05) is 0 Å². The number of anilines is 1. The first-order valence-electron chi connectivity index (χ1n) is 5.70. The normalized spacial score (nSPS) is 11.3. The van der Waals surface area contributed by atoms with Crippen molar-refractivity contribution in [3.05, 3.63) is 52.9 Å². The van der Waals surface area contributed by atoms with E-state index in [0.29, 0.717) is 6.54 Å². The quantitative estimate of drug-likeness (QED) is 0.942. The maximum Gasteiger partial charge on any atom is 0.175 e. The van der Waals surface area contributed by atoms with E-state index in [9.17, 15) is 12.8 Å². The molecule has 0 amide bonds. The molecule has 4 nitrogen and oxygen atoms in total. The summed E-state index contributed by atoms with van der Waals surface area (Å²) < 4.78 is 36.1. The lowest BCUT2D eigenvalue weighted by molar-refractivity contribution is 0.602. The summed E-state index contributed by atoms with van der Waals surface area (Å²) >= 11 is 5.61. The molecule has 0 aliphatic heterocycles. The zero-order valence-electron chi connectivity index (χ0n) is 10.6. The van der Waals surface area contributed by atoms with Gasteiger partial charge in [-0.1, -0.05) is 23.7 Å². The lowest BCUT2D eigenvalue weighted by atomic mass is 10.2. The summed E-state index contributed by atoms with van der Waals surface area (Å²) in [7, 11) is -3.21. The van der Waals surface area contributed by atoms with Gasteiger partial charge in [0.05, 0.1) is 9.92 Å². The Balaban J connectivity index is 2.08. The van der Waals surface area contributed by atoms with Crippen LogP contribution in [0.2, 0.25) is 5.02 Å². The molecular formula is C13H12ClFN2O2S. The topological polar surface area (TPSA) is 59.1 Å². The Morgan fingerprint density at radius 3 is 2.50 bits per heavy atom. The van der Waals surface area contributed by atoms with Gasteiger partial charge in [-0.25, -0.2) is 17.8 Å². The molecule has 0 fully saturated rings. The van der Waals surface area contributed by atoms with Crippen LogP contribution in [0.25, 0.3) is 0 Å². The van der Waals surface area contributed by atoms with Crippen molar-refractivity contribution >= 4 is 27.3 Å². The Labute approximate surface area is 121 Å². The van der Waals surface area contributed by atoms with Gasteiger partial charge in [0.2, 0.25) is 0 Å². The van der Waals surface area contributed by atoms with E-state index in [0.717, 1.165) is 11.8 Å². The smallest absolute Gasteiger partial charge is 0.175 e. The van der Waals surface area contributed by atoms with Crippen LogP contribution < -0.4 is 5.32 Å². The minimum absolute atomic E-state index is 0.0987. The van der Waals surface area contributed by atoms with E-state index in [2.05, 4.69) is 10.3 Å². The van der Waals surface area contributed by atoms with Crippen molar-refractivity contribution in [3.8, 4) is 0 Å². The SMILES string of the molecule is CS(=O)(=O)c1ccc(CNc2ncc(Cl)cc2F)cc1. The van der Waals surface area contributed by atoms with E-state index in [-0.39, 0.29) is 15.7 Å². The molecule has 0 aliphatic rings. The lowest BCUT2D eigenvalue weighted by Crippen LogP contribution is -2.04. The summed E-state index contributed by atoms with van der Waals surface area (Å²) in [5.41, 5.74) is 0.813. The summed E-state index contributed by atoms with van der Waals surface area (Å²) in [6, 6.07) is 7.52. The van der Waals surface area contributed by atoms with Gasteiger partial charge in [-0.15, -0.1) is 0 Å². The fourth-order valence-electron chi connectivity index (χ4n) is 1.58. The Morgan fingerprint density at radius 2 is 1.95 bits per heavy atom. The largest absolute Gasteiger partial charge is 0.364 e. The molecule has 0 unspecified atom stereocenters. The molecule has 0 saturated heterocycles. The number of aromatic nitrogens is 1. The molecule has 0 spiro atoms. The van der Waals surface area contributed by atoms with Crippen molar-refractivity contribution in [1.29, 1.82) is 0 Å². The number of pyridine rings is 1. The number of sulfone groups is 1. The van der Waals surface area contributed by atoms with Gasteiger partial charge >= 0.3 is 0 Å². The van der Waals surface area contributed by atoms with Crippen molar-refractivity contribution in [2.45, 2.75) is 11.4 Å². The molecule has 1 heterocycles. The highest BCUT2D eigenvalue weighted by molar-refractivity contribution is 7.90. The Morgan fingerprint density at radius 1 is 1.30 bits per heavy atom. The van der Waals surface area contributed by atoms with Crippen LogP contribution in [0, 0.1) is 5.82 Å². The minimum atomic E-state index is -3.21. The second-order valence-corrected chi connectivity index (χ2v) is 6.71. The molecule has 2 aromatic rings. The number of hydrogen-bond acceptors (Lipinski definition) is 4. The van der Waals surface area contributed by atoms with E-state index < -0.39 is 15.7 Å². The van der Waals surface area contributed by atoms with Gasteiger partial charge in [0.15, 0.2) is 21.5 Å². The molecule has 1 aromatic heterocycles. The van der Waals surface area contributed by atoms with E-state index in [4.69, 9.17) is 11.6 Å². The highest BCUT2D eigenvalue weighted by Crippen LogP contribution is 2.17. The Hall–Kier alpha value is -1.66. The highest BCUT2D eigenvalue weighted by Gasteiger charge is 2.07. The van der Waals surface area contributed by atoms with Crippen LogP contribution in [0.3, 0.4) is 0 Å². The number of rotatable bonds is 4. The second kappa shape index (κ2) is 5.76. The number of halogens is 2. The number of nitrogens with zero attached hydrogens (tertiary/aromatic N) is 1. The summed E-state index contributed by atoms with van der Waals surface area (Å²) in [5, 5.41) is 3.05. The maximum atomic E-state index is 13.5. The maximum absolute atomic E-state index is 13.5. The third-order valence-electron chi connectivity index (χ3n) is 2.62. The van der Waals surface area contributed by atoms with Crippen molar-refractivity contribution in [1.82, 2.24) is 4.98 Å². The fourth-order valence-corrected chi connectivity index (χ4v) is 2.36. The van der Waals surface area contributed by atoms with Crippen molar-refractivity contribution in [3.63, 3.8) is 0 Å². The first-order valence-corrected chi connectivity index (χ1v) is 7.97. The molecule has 0 aliphatic carbocycles. The summed E-state index contributed by atoms with van der Waals surface area (Å²) in [6.45, 7) is 0.329. The van der Waals surface area contributed by atoms with E-state index in [1.165, 1.54) is 24.4 Å². The van der Waals surface area contributed by atoms with Crippen LogP contribution in [0.5, 0.6) is 0 Å². The van der Waals surface area contributed by atoms with Gasteiger partial charge in [-0.3, -0.25) is 0 Å². The molecular weight excluding hydrogens is 303 g/mol. The fraction of sp³-hybridized carbons (Fsp3) is 0.154. The van der Waals surface area contributed by atoms with Crippen LogP contribution in [0.15, 0.2) is 41.4 Å². The average Bonchev–Trinajstić information content (AvgIpc) is 2.37. The molecule has 1 aromatic carbocycles. The van der Waals surface area contributed by atoms with Crippen LogP contribution in [0.4, 0.5) is 10.2 Å². The molecule has 0 saturated carbocycles. The van der Waals surface area contributed by atoms with Crippen LogP contribution in [0.1, 0.15) is 5.56 Å². The number of hydrogen-bond donors (Lipinski definition) is 1. The van der Waals surface area contributed by atoms with Gasteiger partial charge < -0.3 is 5.32 Å². The molecule has 106 valence electrons. The van der Waals surface area contributed by atoms with Crippen LogP contribution in [-0.4, -0.2) is 19.7 Å². The van der Waals surface area contributed by atoms with Crippen molar-refractivity contribution < 1.29 is 12.8 Å². The standard InChI is InChI=1S/C13H12ClFN2O2S/c1-20(18,19)11-4-2-9(3-5-11)7-16-13-12(15)6-10(14)8-17-13/h2-6,8H,7H2,1H3,(H,16,17).